The first kappa shape index (κ1) is 21.5. The first-order chi connectivity index (χ1) is 14.2. The molecule has 0 spiro atoms. The van der Waals surface area contributed by atoms with E-state index in [1.54, 1.807) is 18.2 Å². The molecule has 0 aliphatic heterocycles. The number of hydrogen-bond donors (Lipinski definition) is 2. The summed E-state index contributed by atoms with van der Waals surface area (Å²) < 4.78 is 56.1. The van der Waals surface area contributed by atoms with E-state index in [1.165, 1.54) is 54.6 Å². The molecule has 0 aliphatic rings. The molecule has 6 nitrogen and oxygen atoms in total. The van der Waals surface area contributed by atoms with Crippen molar-refractivity contribution in [3.05, 3.63) is 83.4 Å². The van der Waals surface area contributed by atoms with E-state index in [-0.39, 0.29) is 32.6 Å². The second-order valence-electron chi connectivity index (χ2n) is 5.98. The number of rotatable bonds is 7. The topological polar surface area (TPSA) is 84.5 Å². The van der Waals surface area contributed by atoms with Gasteiger partial charge in [0.15, 0.2) is 0 Å². The Morgan fingerprint density at radius 1 is 0.933 bits per heavy atom. The maximum absolute atomic E-state index is 12.5. The minimum Gasteiger partial charge on any atom is -0.433 e. The molecule has 0 radical (unpaired) electrons. The molecule has 156 valence electrons. The van der Waals surface area contributed by atoms with Crippen molar-refractivity contribution in [3.63, 3.8) is 0 Å². The van der Waals surface area contributed by atoms with Gasteiger partial charge in [0.05, 0.1) is 9.92 Å². The Labute approximate surface area is 176 Å². The molecule has 0 aromatic heterocycles. The van der Waals surface area contributed by atoms with Crippen molar-refractivity contribution in [1.29, 1.82) is 0 Å². The van der Waals surface area contributed by atoms with Crippen LogP contribution in [0.2, 0.25) is 5.02 Å². The van der Waals surface area contributed by atoms with Crippen molar-refractivity contribution in [3.8, 4) is 5.75 Å². The Hall–Kier alpha value is -3.17. The molecule has 0 aliphatic carbocycles. The highest BCUT2D eigenvalue weighted by Crippen LogP contribution is 2.29. The molecule has 0 unspecified atom stereocenters. The van der Waals surface area contributed by atoms with E-state index in [4.69, 9.17) is 11.6 Å². The summed E-state index contributed by atoms with van der Waals surface area (Å²) in [6, 6.07) is 17.5. The Kier molecular flexibility index (Phi) is 6.53. The fraction of sp³-hybridized carbons (Fsp3) is 0.0500. The van der Waals surface area contributed by atoms with Crippen LogP contribution in [-0.2, 0) is 10.0 Å². The van der Waals surface area contributed by atoms with Crippen LogP contribution in [0.15, 0.2) is 77.7 Å². The summed E-state index contributed by atoms with van der Waals surface area (Å²) in [6.45, 7) is -3.02. The molecule has 0 saturated carbocycles. The quantitative estimate of drug-likeness (QED) is 0.528. The molecule has 30 heavy (non-hydrogen) atoms. The molecule has 3 aromatic rings. The minimum absolute atomic E-state index is 0.0839. The van der Waals surface area contributed by atoms with Gasteiger partial charge in [0.1, 0.15) is 5.75 Å². The maximum Gasteiger partial charge on any atom is 0.387 e. The number of halogens is 3. The van der Waals surface area contributed by atoms with Crippen molar-refractivity contribution in [2.24, 2.45) is 0 Å². The molecule has 0 saturated heterocycles. The molecule has 0 atom stereocenters. The number of hydrogen-bond acceptors (Lipinski definition) is 4. The van der Waals surface area contributed by atoms with Gasteiger partial charge >= 0.3 is 6.61 Å². The van der Waals surface area contributed by atoms with E-state index in [0.29, 0.717) is 0 Å². The molecular formula is C20H15ClF2N2O4S. The fourth-order valence-electron chi connectivity index (χ4n) is 2.51. The van der Waals surface area contributed by atoms with Gasteiger partial charge in [-0.1, -0.05) is 35.9 Å². The number of alkyl halides is 2. The molecule has 0 bridgehead atoms. The van der Waals surface area contributed by atoms with Gasteiger partial charge in [-0.3, -0.25) is 9.52 Å². The largest absolute Gasteiger partial charge is 0.433 e. The Morgan fingerprint density at radius 2 is 1.67 bits per heavy atom. The average molecular weight is 453 g/mol. The fourth-order valence-corrected chi connectivity index (χ4v) is 3.81. The second-order valence-corrected chi connectivity index (χ2v) is 8.07. The molecule has 10 heteroatoms. The lowest BCUT2D eigenvalue weighted by Crippen LogP contribution is -2.15. The van der Waals surface area contributed by atoms with Crippen LogP contribution in [0.5, 0.6) is 5.75 Å². The molecule has 3 aromatic carbocycles. The zero-order chi connectivity index (χ0) is 21.7. The Balaban J connectivity index is 1.74. The van der Waals surface area contributed by atoms with Gasteiger partial charge < -0.3 is 10.1 Å². The van der Waals surface area contributed by atoms with E-state index in [2.05, 4.69) is 14.8 Å². The normalized spacial score (nSPS) is 11.2. The number of amides is 1. The molecule has 1 amide bonds. The zero-order valence-corrected chi connectivity index (χ0v) is 16.8. The number of carbonyl (C=O) groups excluding carboxylic acids is 1. The Bertz CT molecular complexity index is 1160. The van der Waals surface area contributed by atoms with E-state index < -0.39 is 22.5 Å². The summed E-state index contributed by atoms with van der Waals surface area (Å²) in [5.41, 5.74) is 0.624. The van der Waals surface area contributed by atoms with Crippen LogP contribution in [-0.4, -0.2) is 20.9 Å². The SMILES string of the molecule is O=C(Nc1ccc(OC(F)F)c(Cl)c1)c1cccc(NS(=O)(=O)c2ccccc2)c1. The predicted octanol–water partition coefficient (Wildman–Crippen LogP) is 4.99. The lowest BCUT2D eigenvalue weighted by atomic mass is 10.2. The van der Waals surface area contributed by atoms with Crippen molar-refractivity contribution >= 4 is 38.9 Å². The van der Waals surface area contributed by atoms with E-state index >= 15 is 0 Å². The summed E-state index contributed by atoms with van der Waals surface area (Å²) in [4.78, 5) is 12.6. The molecule has 0 fully saturated rings. The number of sulfonamides is 1. The van der Waals surface area contributed by atoms with E-state index in [0.717, 1.165) is 0 Å². The number of carbonyl (C=O) groups is 1. The molecule has 3 rings (SSSR count). The van der Waals surface area contributed by atoms with Crippen molar-refractivity contribution < 1.29 is 26.7 Å². The molecule has 2 N–H and O–H groups in total. The van der Waals surface area contributed by atoms with Gasteiger partial charge in [0.25, 0.3) is 15.9 Å². The van der Waals surface area contributed by atoms with Gasteiger partial charge in [0, 0.05) is 16.9 Å². The zero-order valence-electron chi connectivity index (χ0n) is 15.2. The van der Waals surface area contributed by atoms with Crippen LogP contribution in [0.1, 0.15) is 10.4 Å². The van der Waals surface area contributed by atoms with Crippen LogP contribution in [0.4, 0.5) is 20.2 Å². The highest BCUT2D eigenvalue weighted by atomic mass is 35.5. The number of benzene rings is 3. The van der Waals surface area contributed by atoms with Crippen molar-refractivity contribution in [1.82, 2.24) is 0 Å². The second kappa shape index (κ2) is 9.10. The highest BCUT2D eigenvalue weighted by molar-refractivity contribution is 7.92. The smallest absolute Gasteiger partial charge is 0.387 e. The third-order valence-corrected chi connectivity index (χ3v) is 5.53. The van der Waals surface area contributed by atoms with Gasteiger partial charge in [-0.2, -0.15) is 8.78 Å². The lowest BCUT2D eigenvalue weighted by molar-refractivity contribution is -0.0497. The standard InChI is InChI=1S/C20H15ClF2N2O4S/c21-17-12-14(9-10-18(17)29-20(22)23)24-19(26)13-5-4-6-15(11-13)25-30(27,28)16-7-2-1-3-8-16/h1-12,20,25H,(H,24,26). The van der Waals surface area contributed by atoms with Crippen molar-refractivity contribution in [2.75, 3.05) is 10.0 Å². The predicted molar refractivity (Wildman–Crippen MR) is 110 cm³/mol. The van der Waals surface area contributed by atoms with E-state index in [9.17, 15) is 22.0 Å². The summed E-state index contributed by atoms with van der Waals surface area (Å²) in [7, 11) is -3.81. The van der Waals surface area contributed by atoms with Crippen LogP contribution in [0.25, 0.3) is 0 Å². The van der Waals surface area contributed by atoms with E-state index in [1.807, 2.05) is 0 Å². The van der Waals surface area contributed by atoms with Crippen LogP contribution < -0.4 is 14.8 Å². The third-order valence-electron chi connectivity index (χ3n) is 3.84. The summed E-state index contributed by atoms with van der Waals surface area (Å²) in [5, 5.41) is 2.46. The number of anilines is 2. The highest BCUT2D eigenvalue weighted by Gasteiger charge is 2.15. The number of nitrogens with one attached hydrogen (secondary N) is 2. The van der Waals surface area contributed by atoms with Crippen LogP contribution in [0.3, 0.4) is 0 Å². The summed E-state index contributed by atoms with van der Waals surface area (Å²) >= 11 is 5.87. The monoisotopic (exact) mass is 452 g/mol. The average Bonchev–Trinajstić information content (AvgIpc) is 2.70. The number of ether oxygens (including phenoxy) is 1. The third kappa shape index (κ3) is 5.46. The first-order valence-electron chi connectivity index (χ1n) is 8.48. The molecular weight excluding hydrogens is 438 g/mol. The van der Waals surface area contributed by atoms with Gasteiger partial charge in [-0.15, -0.1) is 0 Å². The van der Waals surface area contributed by atoms with Gasteiger partial charge in [-0.05, 0) is 48.5 Å². The van der Waals surface area contributed by atoms with Crippen LogP contribution in [0, 0.1) is 0 Å². The van der Waals surface area contributed by atoms with Gasteiger partial charge in [-0.25, -0.2) is 8.42 Å². The van der Waals surface area contributed by atoms with Crippen LogP contribution >= 0.6 is 11.6 Å². The van der Waals surface area contributed by atoms with Crippen molar-refractivity contribution in [2.45, 2.75) is 11.5 Å². The Morgan fingerprint density at radius 3 is 2.33 bits per heavy atom. The molecule has 0 heterocycles. The lowest BCUT2D eigenvalue weighted by Gasteiger charge is -2.11. The summed E-state index contributed by atoms with van der Waals surface area (Å²) in [6.07, 6.45) is 0. The van der Waals surface area contributed by atoms with Gasteiger partial charge in [0.2, 0.25) is 0 Å². The minimum atomic E-state index is -3.81. The maximum atomic E-state index is 12.5. The summed E-state index contributed by atoms with van der Waals surface area (Å²) in [5.74, 6) is -0.767. The first-order valence-corrected chi connectivity index (χ1v) is 10.3.